The molecule has 4 heteroatoms. The first kappa shape index (κ1) is 18.0. The maximum Gasteiger partial charge on any atom is 0.156 e. The lowest BCUT2D eigenvalue weighted by Crippen LogP contribution is -2.28. The SMILES string of the molecule is CN(C)CC(=O)C(C=O)CCCCC(=O)C(C)(C)C. The van der Waals surface area contributed by atoms with Crippen molar-refractivity contribution >= 4 is 17.9 Å². The van der Waals surface area contributed by atoms with Crippen molar-refractivity contribution in [3.05, 3.63) is 0 Å². The maximum absolute atomic E-state index is 11.7. The summed E-state index contributed by atoms with van der Waals surface area (Å²) in [4.78, 5) is 36.1. The van der Waals surface area contributed by atoms with Crippen LogP contribution in [-0.4, -0.2) is 43.4 Å². The minimum absolute atomic E-state index is 0.0397. The lowest BCUT2D eigenvalue weighted by Gasteiger charge is -2.16. The Bertz CT molecular complexity index is 316. The number of hydrogen-bond acceptors (Lipinski definition) is 4. The zero-order valence-electron chi connectivity index (χ0n) is 12.9. The van der Waals surface area contributed by atoms with Gasteiger partial charge in [0.25, 0.3) is 0 Å². The fourth-order valence-electron chi connectivity index (χ4n) is 1.76. The Labute approximate surface area is 116 Å². The molecule has 0 spiro atoms. The monoisotopic (exact) mass is 269 g/mol. The highest BCUT2D eigenvalue weighted by atomic mass is 16.1. The largest absolute Gasteiger partial charge is 0.303 e. The summed E-state index contributed by atoms with van der Waals surface area (Å²) in [7, 11) is 3.61. The van der Waals surface area contributed by atoms with Crippen molar-refractivity contribution in [2.75, 3.05) is 20.6 Å². The molecule has 0 saturated carbocycles. The van der Waals surface area contributed by atoms with E-state index in [9.17, 15) is 14.4 Å². The molecule has 1 atom stereocenters. The van der Waals surface area contributed by atoms with E-state index in [0.717, 1.165) is 19.1 Å². The van der Waals surface area contributed by atoms with Gasteiger partial charge in [0.05, 0.1) is 12.5 Å². The normalized spacial score (nSPS) is 13.4. The Morgan fingerprint density at radius 1 is 1.16 bits per heavy atom. The van der Waals surface area contributed by atoms with Crippen LogP contribution in [0.4, 0.5) is 0 Å². The van der Waals surface area contributed by atoms with Gasteiger partial charge in [-0.1, -0.05) is 27.2 Å². The molecule has 0 fully saturated rings. The average Bonchev–Trinajstić information content (AvgIpc) is 2.26. The number of unbranched alkanes of at least 4 members (excludes halogenated alkanes) is 1. The number of hydrogen-bond donors (Lipinski definition) is 0. The molecule has 0 amide bonds. The van der Waals surface area contributed by atoms with E-state index >= 15 is 0 Å². The lowest BCUT2D eigenvalue weighted by atomic mass is 9.87. The molecule has 4 nitrogen and oxygen atoms in total. The van der Waals surface area contributed by atoms with Gasteiger partial charge in [0, 0.05) is 11.8 Å². The van der Waals surface area contributed by atoms with Crippen molar-refractivity contribution in [2.45, 2.75) is 46.5 Å². The molecule has 0 aliphatic rings. The van der Waals surface area contributed by atoms with Gasteiger partial charge in [-0.15, -0.1) is 0 Å². The minimum Gasteiger partial charge on any atom is -0.303 e. The summed E-state index contributed by atoms with van der Waals surface area (Å²) >= 11 is 0. The van der Waals surface area contributed by atoms with Crippen LogP contribution in [0.1, 0.15) is 46.5 Å². The molecule has 19 heavy (non-hydrogen) atoms. The van der Waals surface area contributed by atoms with Crippen molar-refractivity contribution in [3.8, 4) is 0 Å². The number of carbonyl (C=O) groups excluding carboxylic acids is 3. The molecule has 1 unspecified atom stereocenters. The maximum atomic E-state index is 11.7. The van der Waals surface area contributed by atoms with E-state index in [1.807, 2.05) is 34.9 Å². The molecule has 0 bridgehead atoms. The van der Waals surface area contributed by atoms with E-state index in [-0.39, 0.29) is 17.0 Å². The van der Waals surface area contributed by atoms with Crippen molar-refractivity contribution in [1.82, 2.24) is 4.90 Å². The molecular weight excluding hydrogens is 242 g/mol. The average molecular weight is 269 g/mol. The molecule has 0 aliphatic heterocycles. The van der Waals surface area contributed by atoms with Gasteiger partial charge in [0.1, 0.15) is 12.1 Å². The molecule has 0 aromatic heterocycles. The first-order valence-corrected chi connectivity index (χ1v) is 6.84. The highest BCUT2D eigenvalue weighted by molar-refractivity contribution is 5.94. The number of Topliss-reactive ketones (excluding diaryl/α,β-unsaturated/α-hetero) is 2. The van der Waals surface area contributed by atoms with Crippen LogP contribution in [0.2, 0.25) is 0 Å². The molecule has 110 valence electrons. The molecule has 0 aliphatic carbocycles. The van der Waals surface area contributed by atoms with Gasteiger partial charge in [0.2, 0.25) is 0 Å². The van der Waals surface area contributed by atoms with Gasteiger partial charge in [0.15, 0.2) is 5.78 Å². The Morgan fingerprint density at radius 3 is 2.16 bits per heavy atom. The first-order chi connectivity index (χ1) is 8.68. The highest BCUT2D eigenvalue weighted by Crippen LogP contribution is 2.19. The standard InChI is InChI=1S/C15H27NO3/c1-15(2,3)14(19)9-7-6-8-12(11-17)13(18)10-16(4)5/h11-12H,6-10H2,1-5H3. The second-order valence-electron chi connectivity index (χ2n) is 6.37. The number of aldehydes is 1. The smallest absolute Gasteiger partial charge is 0.156 e. The number of nitrogens with zero attached hydrogens (tertiary/aromatic N) is 1. The van der Waals surface area contributed by atoms with Crippen LogP contribution in [0.15, 0.2) is 0 Å². The Hall–Kier alpha value is -1.03. The topological polar surface area (TPSA) is 54.5 Å². The second kappa shape index (κ2) is 8.20. The number of ketones is 2. The Morgan fingerprint density at radius 2 is 1.74 bits per heavy atom. The molecule has 0 heterocycles. The van der Waals surface area contributed by atoms with Crippen LogP contribution >= 0.6 is 0 Å². The zero-order valence-corrected chi connectivity index (χ0v) is 12.9. The van der Waals surface area contributed by atoms with Crippen LogP contribution < -0.4 is 0 Å². The third-order valence-electron chi connectivity index (χ3n) is 3.06. The van der Waals surface area contributed by atoms with E-state index in [1.54, 1.807) is 4.90 Å². The van der Waals surface area contributed by atoms with Gasteiger partial charge in [-0.2, -0.15) is 0 Å². The summed E-state index contributed by atoms with van der Waals surface area (Å²) < 4.78 is 0. The fraction of sp³-hybridized carbons (Fsp3) is 0.800. The van der Waals surface area contributed by atoms with Crippen molar-refractivity contribution < 1.29 is 14.4 Å². The molecule has 0 aromatic carbocycles. The predicted octanol–water partition coefficient (Wildman–Crippen LogP) is 2.11. The van der Waals surface area contributed by atoms with Crippen LogP contribution in [0.25, 0.3) is 0 Å². The molecule has 0 aromatic rings. The summed E-state index contributed by atoms with van der Waals surface area (Å²) in [6.07, 6.45) is 3.29. The molecule has 0 rings (SSSR count). The highest BCUT2D eigenvalue weighted by Gasteiger charge is 2.21. The molecule has 0 saturated heterocycles. The van der Waals surface area contributed by atoms with E-state index in [0.29, 0.717) is 19.4 Å². The van der Waals surface area contributed by atoms with Crippen molar-refractivity contribution in [2.24, 2.45) is 11.3 Å². The van der Waals surface area contributed by atoms with Gasteiger partial charge in [-0.3, -0.25) is 9.59 Å². The summed E-state index contributed by atoms with van der Waals surface area (Å²) in [5.74, 6) is -0.330. The minimum atomic E-state index is -0.521. The van der Waals surface area contributed by atoms with Gasteiger partial charge >= 0.3 is 0 Å². The first-order valence-electron chi connectivity index (χ1n) is 6.84. The second-order valence-corrected chi connectivity index (χ2v) is 6.37. The van der Waals surface area contributed by atoms with Gasteiger partial charge in [-0.25, -0.2) is 0 Å². The Balaban J connectivity index is 4.01. The van der Waals surface area contributed by atoms with Crippen molar-refractivity contribution in [1.29, 1.82) is 0 Å². The summed E-state index contributed by atoms with van der Waals surface area (Å²) in [5.41, 5.74) is -0.301. The quantitative estimate of drug-likeness (QED) is 0.365. The molecule has 0 radical (unpaired) electrons. The molecular formula is C15H27NO3. The van der Waals surface area contributed by atoms with Crippen LogP contribution in [0.5, 0.6) is 0 Å². The fourth-order valence-corrected chi connectivity index (χ4v) is 1.76. The predicted molar refractivity (Wildman–Crippen MR) is 76.0 cm³/mol. The lowest BCUT2D eigenvalue weighted by molar-refractivity contribution is -0.128. The summed E-state index contributed by atoms with van der Waals surface area (Å²) in [6, 6.07) is 0. The summed E-state index contributed by atoms with van der Waals surface area (Å²) in [6.45, 7) is 6.02. The summed E-state index contributed by atoms with van der Waals surface area (Å²) in [5, 5.41) is 0. The molecule has 0 N–H and O–H groups in total. The van der Waals surface area contributed by atoms with Crippen LogP contribution in [-0.2, 0) is 14.4 Å². The number of carbonyl (C=O) groups is 3. The third-order valence-corrected chi connectivity index (χ3v) is 3.06. The van der Waals surface area contributed by atoms with Gasteiger partial charge < -0.3 is 9.69 Å². The number of likely N-dealkylation sites (N-methyl/N-ethyl adjacent to an activating group) is 1. The van der Waals surface area contributed by atoms with Crippen molar-refractivity contribution in [3.63, 3.8) is 0 Å². The van der Waals surface area contributed by atoms with Crippen LogP contribution in [0, 0.1) is 11.3 Å². The number of rotatable bonds is 9. The van der Waals surface area contributed by atoms with E-state index in [4.69, 9.17) is 0 Å². The van der Waals surface area contributed by atoms with E-state index < -0.39 is 5.92 Å². The third kappa shape index (κ3) is 7.88. The zero-order chi connectivity index (χ0) is 15.1. The van der Waals surface area contributed by atoms with Crippen LogP contribution in [0.3, 0.4) is 0 Å². The van der Waals surface area contributed by atoms with E-state index in [2.05, 4.69) is 0 Å². The van der Waals surface area contributed by atoms with E-state index in [1.165, 1.54) is 0 Å². The Kier molecular flexibility index (Phi) is 7.76. The van der Waals surface area contributed by atoms with Gasteiger partial charge in [-0.05, 0) is 26.9 Å².